The molecule has 2 aliphatic heterocycles. The van der Waals surface area contributed by atoms with E-state index in [4.69, 9.17) is 0 Å². The van der Waals surface area contributed by atoms with E-state index in [1.54, 1.807) is 0 Å². The average Bonchev–Trinajstić information content (AvgIpc) is 2.73. The zero-order valence-electron chi connectivity index (χ0n) is 11.9. The number of hydrogen-bond donors (Lipinski definition) is 1. The number of aromatic nitrogens is 1. The third-order valence-corrected chi connectivity index (χ3v) is 4.72. The first-order valence-electron chi connectivity index (χ1n) is 7.51. The van der Waals surface area contributed by atoms with Crippen LogP contribution in [0.25, 0.3) is 10.9 Å². The normalized spacial score (nSPS) is 24.6. The van der Waals surface area contributed by atoms with Crippen LogP contribution in [0.1, 0.15) is 18.2 Å². The van der Waals surface area contributed by atoms with Crippen LogP contribution in [-0.4, -0.2) is 29.0 Å². The predicted molar refractivity (Wildman–Crippen MR) is 84.0 cm³/mol. The summed E-state index contributed by atoms with van der Waals surface area (Å²) in [5.41, 5.74) is 5.70. The van der Waals surface area contributed by atoms with E-state index in [9.17, 15) is 0 Å². The number of aromatic amines is 1. The third kappa shape index (κ3) is 1.83. The molecule has 4 rings (SSSR count). The Morgan fingerprint density at radius 3 is 3.10 bits per heavy atom. The van der Waals surface area contributed by atoms with Crippen molar-refractivity contribution in [1.29, 1.82) is 0 Å². The molecule has 0 amide bonds. The summed E-state index contributed by atoms with van der Waals surface area (Å²) < 4.78 is 0. The molecular formula is C18H20N2. The molecule has 1 N–H and O–H groups in total. The Morgan fingerprint density at radius 1 is 1.30 bits per heavy atom. The van der Waals surface area contributed by atoms with Gasteiger partial charge in [0, 0.05) is 42.1 Å². The van der Waals surface area contributed by atoms with Crippen molar-refractivity contribution in [2.24, 2.45) is 0 Å². The van der Waals surface area contributed by atoms with Gasteiger partial charge in [-0.1, -0.05) is 36.4 Å². The molecule has 1 aromatic carbocycles. The van der Waals surface area contributed by atoms with E-state index in [1.165, 1.54) is 27.7 Å². The third-order valence-electron chi connectivity index (χ3n) is 4.72. The highest BCUT2D eigenvalue weighted by Gasteiger charge is 2.26. The largest absolute Gasteiger partial charge is 0.358 e. The highest BCUT2D eigenvalue weighted by molar-refractivity contribution is 5.84. The summed E-state index contributed by atoms with van der Waals surface area (Å²) in [4.78, 5) is 6.25. The lowest BCUT2D eigenvalue weighted by atomic mass is 10.0. The van der Waals surface area contributed by atoms with E-state index >= 15 is 0 Å². The lowest BCUT2D eigenvalue weighted by Crippen LogP contribution is -2.39. The number of hydrogen-bond acceptors (Lipinski definition) is 1. The number of nitrogens with one attached hydrogen (secondary N) is 1. The molecule has 20 heavy (non-hydrogen) atoms. The fraction of sp³-hybridized carbons (Fsp3) is 0.333. The standard InChI is InChI=1S/C18H20N2/c1-2-13-7-8-14-11-18-16(9-10-20(14)12-13)15-5-3-4-6-17(15)19-18/h2-8,14,19H,9-12H2,1H3/b13-2+. The fourth-order valence-electron chi connectivity index (χ4n) is 3.57. The Bertz CT molecular complexity index is 705. The molecule has 1 unspecified atom stereocenters. The first kappa shape index (κ1) is 12.0. The Hall–Kier alpha value is -1.80. The quantitative estimate of drug-likeness (QED) is 0.772. The zero-order valence-corrected chi connectivity index (χ0v) is 11.9. The van der Waals surface area contributed by atoms with Crippen LogP contribution in [0.15, 0.2) is 48.1 Å². The molecule has 102 valence electrons. The summed E-state index contributed by atoms with van der Waals surface area (Å²) in [7, 11) is 0. The van der Waals surface area contributed by atoms with Crippen LogP contribution in [0.4, 0.5) is 0 Å². The summed E-state index contributed by atoms with van der Waals surface area (Å²) in [6.45, 7) is 4.38. The maximum absolute atomic E-state index is 3.64. The fourth-order valence-corrected chi connectivity index (χ4v) is 3.57. The summed E-state index contributed by atoms with van der Waals surface area (Å²) in [6.07, 6.45) is 9.17. The molecule has 0 spiro atoms. The van der Waals surface area contributed by atoms with Gasteiger partial charge in [0.2, 0.25) is 0 Å². The molecule has 1 aromatic heterocycles. The van der Waals surface area contributed by atoms with Crippen molar-refractivity contribution in [2.45, 2.75) is 25.8 Å². The maximum atomic E-state index is 3.64. The molecule has 0 saturated heterocycles. The van der Waals surface area contributed by atoms with Crippen molar-refractivity contribution >= 4 is 10.9 Å². The first-order valence-corrected chi connectivity index (χ1v) is 7.51. The Balaban J connectivity index is 1.75. The monoisotopic (exact) mass is 264 g/mol. The molecule has 0 fully saturated rings. The van der Waals surface area contributed by atoms with E-state index < -0.39 is 0 Å². The van der Waals surface area contributed by atoms with Crippen LogP contribution in [-0.2, 0) is 12.8 Å². The van der Waals surface area contributed by atoms with Crippen LogP contribution in [0.2, 0.25) is 0 Å². The second-order valence-electron chi connectivity index (χ2n) is 5.84. The van der Waals surface area contributed by atoms with E-state index in [2.05, 4.69) is 59.3 Å². The summed E-state index contributed by atoms with van der Waals surface area (Å²) in [5, 5.41) is 1.41. The van der Waals surface area contributed by atoms with Crippen molar-refractivity contribution in [3.05, 3.63) is 59.3 Å². The minimum Gasteiger partial charge on any atom is -0.358 e. The second kappa shape index (κ2) is 4.64. The lowest BCUT2D eigenvalue weighted by molar-refractivity contribution is 0.251. The van der Waals surface area contributed by atoms with Gasteiger partial charge >= 0.3 is 0 Å². The lowest BCUT2D eigenvalue weighted by Gasteiger charge is -2.31. The van der Waals surface area contributed by atoms with Crippen molar-refractivity contribution in [1.82, 2.24) is 9.88 Å². The van der Waals surface area contributed by atoms with Crippen LogP contribution in [0, 0.1) is 0 Å². The van der Waals surface area contributed by atoms with E-state index in [0.29, 0.717) is 6.04 Å². The van der Waals surface area contributed by atoms with Crippen molar-refractivity contribution in [3.63, 3.8) is 0 Å². The van der Waals surface area contributed by atoms with Crippen LogP contribution >= 0.6 is 0 Å². The Labute approximate surface area is 119 Å². The minimum atomic E-state index is 0.549. The van der Waals surface area contributed by atoms with Gasteiger partial charge in [0.15, 0.2) is 0 Å². The molecule has 2 aliphatic rings. The molecule has 0 aliphatic carbocycles. The van der Waals surface area contributed by atoms with Crippen LogP contribution in [0.3, 0.4) is 0 Å². The number of nitrogens with zero attached hydrogens (tertiary/aromatic N) is 1. The molecule has 1 atom stereocenters. The van der Waals surface area contributed by atoms with Gasteiger partial charge in [0.25, 0.3) is 0 Å². The molecule has 2 heteroatoms. The molecular weight excluding hydrogens is 244 g/mol. The van der Waals surface area contributed by atoms with E-state index in [-0.39, 0.29) is 0 Å². The van der Waals surface area contributed by atoms with Gasteiger partial charge in [-0.3, -0.25) is 4.90 Å². The number of H-pyrrole nitrogens is 1. The summed E-state index contributed by atoms with van der Waals surface area (Å²) >= 11 is 0. The predicted octanol–water partition coefficient (Wildman–Crippen LogP) is 3.45. The molecule has 3 heterocycles. The molecule has 2 nitrogen and oxygen atoms in total. The number of rotatable bonds is 0. The molecule has 0 saturated carbocycles. The molecule has 0 radical (unpaired) electrons. The Morgan fingerprint density at radius 2 is 2.20 bits per heavy atom. The van der Waals surface area contributed by atoms with Crippen molar-refractivity contribution in [3.8, 4) is 0 Å². The SMILES string of the molecule is C/C=C1\C=CC2Cc3[nH]c4ccccc4c3CCN2C1. The maximum Gasteiger partial charge on any atom is 0.0458 e. The molecule has 0 bridgehead atoms. The topological polar surface area (TPSA) is 19.0 Å². The van der Waals surface area contributed by atoms with Gasteiger partial charge in [-0.05, 0) is 30.5 Å². The number of para-hydroxylation sites is 1. The smallest absolute Gasteiger partial charge is 0.0458 e. The minimum absolute atomic E-state index is 0.549. The van der Waals surface area contributed by atoms with Gasteiger partial charge in [-0.15, -0.1) is 0 Å². The van der Waals surface area contributed by atoms with Crippen LogP contribution < -0.4 is 0 Å². The van der Waals surface area contributed by atoms with Crippen molar-refractivity contribution < 1.29 is 0 Å². The highest BCUT2D eigenvalue weighted by Crippen LogP contribution is 2.29. The van der Waals surface area contributed by atoms with Gasteiger partial charge in [0.1, 0.15) is 0 Å². The van der Waals surface area contributed by atoms with Gasteiger partial charge in [-0.25, -0.2) is 0 Å². The summed E-state index contributed by atoms with van der Waals surface area (Å²) in [5.74, 6) is 0. The zero-order chi connectivity index (χ0) is 13.5. The van der Waals surface area contributed by atoms with Crippen LogP contribution in [0.5, 0.6) is 0 Å². The van der Waals surface area contributed by atoms with E-state index in [1.807, 2.05) is 0 Å². The average molecular weight is 264 g/mol. The number of fused-ring (bicyclic) bond motifs is 4. The second-order valence-corrected chi connectivity index (χ2v) is 5.84. The van der Waals surface area contributed by atoms with Gasteiger partial charge < -0.3 is 4.98 Å². The first-order chi connectivity index (χ1) is 9.85. The number of allylic oxidation sites excluding steroid dienone is 1. The highest BCUT2D eigenvalue weighted by atomic mass is 15.2. The summed E-state index contributed by atoms with van der Waals surface area (Å²) in [6, 6.07) is 9.25. The van der Waals surface area contributed by atoms with Gasteiger partial charge in [-0.2, -0.15) is 0 Å². The van der Waals surface area contributed by atoms with Gasteiger partial charge in [0.05, 0.1) is 0 Å². The van der Waals surface area contributed by atoms with Crippen molar-refractivity contribution in [2.75, 3.05) is 13.1 Å². The molecule has 2 aromatic rings. The Kier molecular flexibility index (Phi) is 2.78. The number of benzene rings is 1. The van der Waals surface area contributed by atoms with E-state index in [0.717, 1.165) is 25.9 Å².